The molecule has 2 aliphatic heterocycles. The molecule has 2 aliphatic carbocycles. The molecule has 7 rings (SSSR count). The largest absolute Gasteiger partial charge is 0.504 e. The van der Waals surface area contributed by atoms with Gasteiger partial charge in [-0.3, -0.25) is 19.3 Å². The molecule has 1 aromatic heterocycles. The number of methoxy groups -OCH3 is 1. The Hall–Kier alpha value is -3.25. The number of fused-ring (bicyclic) bond motifs is 9. The molecule has 202 valence electrons. The summed E-state index contributed by atoms with van der Waals surface area (Å²) in [6.07, 6.45) is -3.95. The van der Waals surface area contributed by atoms with E-state index < -0.39 is 35.4 Å². The maximum atomic E-state index is 13.8. The number of carbonyl (C=O) groups is 2. The van der Waals surface area contributed by atoms with Crippen molar-refractivity contribution in [3.63, 3.8) is 0 Å². The molecule has 2 saturated carbocycles. The van der Waals surface area contributed by atoms with Gasteiger partial charge in [0.15, 0.2) is 11.5 Å². The van der Waals surface area contributed by atoms with Gasteiger partial charge in [0.1, 0.15) is 0 Å². The molecule has 2 aromatic carbocycles. The van der Waals surface area contributed by atoms with Gasteiger partial charge in [-0.25, -0.2) is 0 Å². The minimum absolute atomic E-state index is 0.0215. The number of aromatic hydroxyl groups is 1. The number of thioether (sulfide) groups is 1. The predicted octanol–water partition coefficient (Wildman–Crippen LogP) is 4.85. The first-order valence-corrected chi connectivity index (χ1v) is 14.1. The molecule has 4 aliphatic rings. The Labute approximate surface area is 228 Å². The molecule has 1 saturated heterocycles. The van der Waals surface area contributed by atoms with Gasteiger partial charge in [0, 0.05) is 16.0 Å². The molecule has 7 nitrogen and oxygen atoms in total. The van der Waals surface area contributed by atoms with Gasteiger partial charge >= 0.3 is 11.0 Å². The van der Waals surface area contributed by atoms with Gasteiger partial charge in [0.05, 0.1) is 35.2 Å². The van der Waals surface area contributed by atoms with E-state index in [0.717, 1.165) is 43.8 Å². The molecule has 3 fully saturated rings. The first-order valence-electron chi connectivity index (χ1n) is 12.4. The zero-order chi connectivity index (χ0) is 27.4. The maximum absolute atomic E-state index is 13.8. The molecule has 7 atom stereocenters. The summed E-state index contributed by atoms with van der Waals surface area (Å²) in [4.78, 5) is 44.3. The van der Waals surface area contributed by atoms with Gasteiger partial charge in [-0.2, -0.15) is 13.2 Å². The van der Waals surface area contributed by atoms with Crippen molar-refractivity contribution in [2.45, 2.75) is 28.8 Å². The fourth-order valence-electron chi connectivity index (χ4n) is 7.35. The van der Waals surface area contributed by atoms with Crippen molar-refractivity contribution in [1.82, 2.24) is 4.98 Å². The number of phenolic OH excluding ortho intramolecular Hbond substituents is 1. The third-order valence-corrected chi connectivity index (χ3v) is 11.3. The molecule has 12 heteroatoms. The van der Waals surface area contributed by atoms with Gasteiger partial charge in [0.25, 0.3) is 0 Å². The van der Waals surface area contributed by atoms with Crippen molar-refractivity contribution in [3.05, 3.63) is 68.1 Å². The number of rotatable bonds is 3. The smallest absolute Gasteiger partial charge is 0.416 e. The van der Waals surface area contributed by atoms with Crippen LogP contribution in [0.5, 0.6) is 11.5 Å². The fourth-order valence-corrected chi connectivity index (χ4v) is 10.2. The van der Waals surface area contributed by atoms with E-state index >= 15 is 0 Å². The fraction of sp³-hybridized carbons (Fsp3) is 0.370. The number of hydrogen-bond acceptors (Lipinski definition) is 7. The second-order valence-corrected chi connectivity index (χ2v) is 12.7. The van der Waals surface area contributed by atoms with E-state index in [4.69, 9.17) is 4.74 Å². The second-order valence-electron chi connectivity index (χ2n) is 10.5. The molecule has 3 aromatic rings. The highest BCUT2D eigenvalue weighted by Gasteiger charge is 2.69. The van der Waals surface area contributed by atoms with Crippen LogP contribution in [0, 0.1) is 29.6 Å². The van der Waals surface area contributed by atoms with Crippen LogP contribution in [0.25, 0.3) is 0 Å². The van der Waals surface area contributed by atoms with Gasteiger partial charge in [-0.05, 0) is 60.1 Å². The summed E-state index contributed by atoms with van der Waals surface area (Å²) in [5.41, 5.74) is -0.154. The quantitative estimate of drug-likeness (QED) is 0.434. The van der Waals surface area contributed by atoms with Crippen LogP contribution < -0.4 is 14.5 Å². The van der Waals surface area contributed by atoms with Gasteiger partial charge in [-0.15, -0.1) is 11.8 Å². The topological polar surface area (TPSA) is 99.7 Å². The Kier molecular flexibility index (Phi) is 5.32. The Balaban J connectivity index is 1.31. The first-order chi connectivity index (χ1) is 18.6. The molecular weight excluding hydrogens is 553 g/mol. The Bertz CT molecular complexity index is 1600. The lowest BCUT2D eigenvalue weighted by molar-refractivity contribution is -0.137. The molecule has 0 spiro atoms. The molecule has 2 N–H and O–H groups in total. The Morgan fingerprint density at radius 1 is 1.05 bits per heavy atom. The molecule has 2 bridgehead atoms. The van der Waals surface area contributed by atoms with E-state index in [-0.39, 0.29) is 51.0 Å². The van der Waals surface area contributed by atoms with E-state index in [0.29, 0.717) is 6.42 Å². The standard InChI is InChI=1S/C27H21F3N2O5S2/c1-37-16-7-10(5-6-15(16)33)17-18-13-9-14(21(18)38-23-22(17)39-26(36)31-23)20-19(13)24(34)32(25(20)35)12-4-2-3-11(8-12)27(28,29)30/h2-8,13-14,17-21,33H,9H2,1H3,(H,31,36)/t13-,14+,17+,18-,19+,20+,21-/m1/s1. The summed E-state index contributed by atoms with van der Waals surface area (Å²) in [5, 5.41) is 10.8. The van der Waals surface area contributed by atoms with Crippen LogP contribution in [0.15, 0.2) is 52.3 Å². The number of ether oxygens (including phenoxy) is 1. The maximum Gasteiger partial charge on any atom is 0.416 e. The monoisotopic (exact) mass is 574 g/mol. The predicted molar refractivity (Wildman–Crippen MR) is 137 cm³/mol. The van der Waals surface area contributed by atoms with Gasteiger partial charge in [-0.1, -0.05) is 23.5 Å². The normalized spacial score (nSPS) is 30.9. The molecule has 2 amide bonds. The minimum atomic E-state index is -4.60. The van der Waals surface area contributed by atoms with Crippen molar-refractivity contribution < 1.29 is 32.6 Å². The molecule has 3 heterocycles. The van der Waals surface area contributed by atoms with Crippen LogP contribution in [0.4, 0.5) is 18.9 Å². The SMILES string of the molecule is COc1cc([C@@H]2c3sc(=O)[nH]c3S[C@@H]3[C@H]4C[C@@H]([C@@H]5C(=O)N(c6cccc(C(F)(F)F)c6)C(=O)[C@@H]45)[C@H]23)ccc1O. The minimum Gasteiger partial charge on any atom is -0.504 e. The number of phenols is 1. The number of nitrogens with zero attached hydrogens (tertiary/aromatic N) is 1. The third kappa shape index (κ3) is 3.46. The second kappa shape index (κ2) is 8.37. The molecule has 0 unspecified atom stereocenters. The number of nitrogens with one attached hydrogen (secondary N) is 1. The van der Waals surface area contributed by atoms with Crippen molar-refractivity contribution in [1.29, 1.82) is 0 Å². The zero-order valence-electron chi connectivity index (χ0n) is 20.3. The number of imide groups is 1. The van der Waals surface area contributed by atoms with Crippen LogP contribution in [0.1, 0.15) is 28.3 Å². The number of aromatic nitrogens is 1. The average Bonchev–Trinajstić information content (AvgIpc) is 3.63. The number of halogens is 3. The Morgan fingerprint density at radius 2 is 1.79 bits per heavy atom. The lowest BCUT2D eigenvalue weighted by Gasteiger charge is -2.43. The number of aromatic amines is 1. The number of amides is 2. The van der Waals surface area contributed by atoms with Crippen LogP contribution in [-0.2, 0) is 15.8 Å². The summed E-state index contributed by atoms with van der Waals surface area (Å²) in [7, 11) is 1.45. The highest BCUT2D eigenvalue weighted by molar-refractivity contribution is 8.00. The number of anilines is 1. The van der Waals surface area contributed by atoms with Crippen LogP contribution in [-0.4, -0.2) is 34.3 Å². The number of alkyl halides is 3. The van der Waals surface area contributed by atoms with E-state index in [1.807, 2.05) is 0 Å². The average molecular weight is 575 g/mol. The molecule has 0 radical (unpaired) electrons. The summed E-state index contributed by atoms with van der Waals surface area (Å²) < 4.78 is 45.5. The number of benzene rings is 2. The van der Waals surface area contributed by atoms with E-state index in [2.05, 4.69) is 4.98 Å². The zero-order valence-corrected chi connectivity index (χ0v) is 21.9. The third-order valence-electron chi connectivity index (χ3n) is 8.72. The summed E-state index contributed by atoms with van der Waals surface area (Å²) >= 11 is 2.63. The van der Waals surface area contributed by atoms with Crippen molar-refractivity contribution >= 4 is 40.6 Å². The summed E-state index contributed by atoms with van der Waals surface area (Å²) in [6.45, 7) is 0. The van der Waals surface area contributed by atoms with Crippen molar-refractivity contribution in [2.75, 3.05) is 12.0 Å². The first kappa shape index (κ1) is 24.8. The number of thiazole rings is 1. The number of H-pyrrole nitrogens is 1. The Morgan fingerprint density at radius 3 is 2.51 bits per heavy atom. The molecule has 39 heavy (non-hydrogen) atoms. The highest BCUT2D eigenvalue weighted by Crippen LogP contribution is 2.68. The van der Waals surface area contributed by atoms with Crippen LogP contribution in [0.2, 0.25) is 0 Å². The van der Waals surface area contributed by atoms with Crippen LogP contribution >= 0.6 is 23.1 Å². The van der Waals surface area contributed by atoms with E-state index in [1.54, 1.807) is 12.1 Å². The summed E-state index contributed by atoms with van der Waals surface area (Å²) in [6, 6.07) is 9.40. The molecular formula is C27H21F3N2O5S2. The van der Waals surface area contributed by atoms with Gasteiger partial charge < -0.3 is 14.8 Å². The lowest BCUT2D eigenvalue weighted by atomic mass is 9.68. The number of carbonyl (C=O) groups excluding carboxylic acids is 2. The van der Waals surface area contributed by atoms with Crippen molar-refractivity contribution in [2.24, 2.45) is 29.6 Å². The summed E-state index contributed by atoms with van der Waals surface area (Å²) in [5.74, 6) is -2.63. The van der Waals surface area contributed by atoms with Crippen molar-refractivity contribution in [3.8, 4) is 11.5 Å². The van der Waals surface area contributed by atoms with Gasteiger partial charge in [0.2, 0.25) is 11.8 Å². The van der Waals surface area contributed by atoms with Crippen LogP contribution in [0.3, 0.4) is 0 Å². The van der Waals surface area contributed by atoms with E-state index in [9.17, 15) is 32.7 Å². The lowest BCUT2D eigenvalue weighted by Crippen LogP contribution is -2.42. The highest BCUT2D eigenvalue weighted by atomic mass is 32.2. The number of hydrogen-bond donors (Lipinski definition) is 2. The van der Waals surface area contributed by atoms with E-state index in [1.165, 1.54) is 37.1 Å².